The second-order valence-electron chi connectivity index (χ2n) is 8.17. The molecule has 0 unspecified atom stereocenters. The predicted molar refractivity (Wildman–Crippen MR) is 118 cm³/mol. The quantitative estimate of drug-likeness (QED) is 0.626. The number of nitrogens with zero attached hydrogens (tertiary/aromatic N) is 5. The van der Waals surface area contributed by atoms with Crippen molar-refractivity contribution in [1.29, 1.82) is 0 Å². The molecule has 1 amide bonds. The van der Waals surface area contributed by atoms with Crippen LogP contribution < -0.4 is 10.2 Å². The Bertz CT molecular complexity index is 979. The van der Waals surface area contributed by atoms with Gasteiger partial charge in [0.1, 0.15) is 0 Å². The van der Waals surface area contributed by atoms with Crippen molar-refractivity contribution in [2.75, 3.05) is 18.0 Å². The van der Waals surface area contributed by atoms with E-state index in [4.69, 9.17) is 4.52 Å². The molecule has 8 nitrogen and oxygen atoms in total. The molecule has 162 valence electrons. The Kier molecular flexibility index (Phi) is 6.54. The maximum atomic E-state index is 12.4. The van der Waals surface area contributed by atoms with Crippen LogP contribution in [0.15, 0.2) is 47.2 Å². The molecule has 3 heterocycles. The number of carbonyl (C=O) groups is 1. The summed E-state index contributed by atoms with van der Waals surface area (Å²) >= 11 is 0. The zero-order chi connectivity index (χ0) is 21.6. The zero-order valence-corrected chi connectivity index (χ0v) is 18.0. The highest BCUT2D eigenvalue weighted by atomic mass is 16.5. The molecule has 1 fully saturated rings. The van der Waals surface area contributed by atoms with Gasteiger partial charge in [-0.1, -0.05) is 43.3 Å². The highest BCUT2D eigenvalue weighted by Crippen LogP contribution is 2.21. The molecule has 4 rings (SSSR count). The van der Waals surface area contributed by atoms with Crippen LogP contribution in [0.5, 0.6) is 0 Å². The van der Waals surface area contributed by atoms with Crippen LogP contribution in [0, 0.1) is 0 Å². The van der Waals surface area contributed by atoms with Crippen LogP contribution in [0.3, 0.4) is 0 Å². The number of rotatable bonds is 7. The van der Waals surface area contributed by atoms with Crippen LogP contribution in [0.2, 0.25) is 0 Å². The fourth-order valence-corrected chi connectivity index (χ4v) is 3.69. The molecule has 0 atom stereocenters. The summed E-state index contributed by atoms with van der Waals surface area (Å²) in [5, 5.41) is 7.18. The lowest BCUT2D eigenvalue weighted by Gasteiger charge is -2.32. The van der Waals surface area contributed by atoms with E-state index in [9.17, 15) is 4.79 Å². The van der Waals surface area contributed by atoms with Crippen molar-refractivity contribution in [3.63, 3.8) is 0 Å². The number of aryl methyl sites for hydroxylation is 1. The summed E-state index contributed by atoms with van der Waals surface area (Å²) in [5.74, 6) is 2.27. The topological polar surface area (TPSA) is 97.0 Å². The van der Waals surface area contributed by atoms with Gasteiger partial charge in [0.25, 0.3) is 0 Å². The van der Waals surface area contributed by atoms with Crippen LogP contribution in [0.4, 0.5) is 5.95 Å². The number of carbonyl (C=O) groups excluding carboxylic acids is 1. The molecule has 0 bridgehead atoms. The Hall–Kier alpha value is -3.29. The number of anilines is 1. The van der Waals surface area contributed by atoms with E-state index in [1.807, 2.05) is 18.2 Å². The average molecular weight is 421 g/mol. The molecule has 0 saturated carbocycles. The van der Waals surface area contributed by atoms with Gasteiger partial charge in [-0.05, 0) is 30.4 Å². The van der Waals surface area contributed by atoms with Gasteiger partial charge in [-0.25, -0.2) is 9.97 Å². The van der Waals surface area contributed by atoms with E-state index in [0.29, 0.717) is 30.5 Å². The predicted octanol–water partition coefficient (Wildman–Crippen LogP) is 3.37. The van der Waals surface area contributed by atoms with Gasteiger partial charge in [0.2, 0.25) is 23.6 Å². The zero-order valence-electron chi connectivity index (χ0n) is 18.0. The normalized spacial score (nSPS) is 14.7. The Balaban J connectivity index is 1.22. The van der Waals surface area contributed by atoms with E-state index in [1.54, 1.807) is 12.4 Å². The summed E-state index contributed by atoms with van der Waals surface area (Å²) in [7, 11) is 0. The SMILES string of the molecule is CC(C)c1ccc(-c2noc(CCC(=O)NC3CCN(c4ncccn4)CC3)n2)cc1. The van der Waals surface area contributed by atoms with Crippen molar-refractivity contribution >= 4 is 11.9 Å². The van der Waals surface area contributed by atoms with Crippen molar-refractivity contribution in [2.24, 2.45) is 0 Å². The van der Waals surface area contributed by atoms with Gasteiger partial charge in [0.15, 0.2) is 0 Å². The summed E-state index contributed by atoms with van der Waals surface area (Å²) in [4.78, 5) is 27.5. The number of hydrogen-bond donors (Lipinski definition) is 1. The van der Waals surface area contributed by atoms with Gasteiger partial charge in [-0.15, -0.1) is 0 Å². The van der Waals surface area contributed by atoms with E-state index < -0.39 is 0 Å². The molecule has 31 heavy (non-hydrogen) atoms. The first-order valence-electron chi connectivity index (χ1n) is 10.8. The molecule has 1 N–H and O–H groups in total. The molecule has 1 aromatic carbocycles. The van der Waals surface area contributed by atoms with Gasteiger partial charge < -0.3 is 14.7 Å². The Morgan fingerprint density at radius 1 is 1.16 bits per heavy atom. The molecule has 3 aromatic rings. The van der Waals surface area contributed by atoms with Crippen LogP contribution >= 0.6 is 0 Å². The minimum Gasteiger partial charge on any atom is -0.353 e. The minimum absolute atomic E-state index is 0.00967. The molecule has 0 radical (unpaired) electrons. The van der Waals surface area contributed by atoms with Crippen molar-refractivity contribution in [1.82, 2.24) is 25.4 Å². The Morgan fingerprint density at radius 3 is 2.55 bits per heavy atom. The van der Waals surface area contributed by atoms with Gasteiger partial charge >= 0.3 is 0 Å². The highest BCUT2D eigenvalue weighted by Gasteiger charge is 2.22. The van der Waals surface area contributed by atoms with E-state index in [2.05, 4.69) is 56.3 Å². The molecule has 1 saturated heterocycles. The molecule has 8 heteroatoms. The number of nitrogens with one attached hydrogen (secondary N) is 1. The van der Waals surface area contributed by atoms with E-state index in [1.165, 1.54) is 5.56 Å². The maximum Gasteiger partial charge on any atom is 0.227 e. The van der Waals surface area contributed by atoms with Crippen LogP contribution in [0.1, 0.15) is 50.5 Å². The number of hydrogen-bond acceptors (Lipinski definition) is 7. The third kappa shape index (κ3) is 5.45. The maximum absolute atomic E-state index is 12.4. The van der Waals surface area contributed by atoms with E-state index in [-0.39, 0.29) is 11.9 Å². The van der Waals surface area contributed by atoms with Crippen LogP contribution in [0.25, 0.3) is 11.4 Å². The third-order valence-corrected chi connectivity index (χ3v) is 5.56. The number of amides is 1. The first-order valence-corrected chi connectivity index (χ1v) is 10.8. The molecule has 0 aliphatic carbocycles. The summed E-state index contributed by atoms with van der Waals surface area (Å²) in [6.45, 7) is 5.98. The fraction of sp³-hybridized carbons (Fsp3) is 0.435. The largest absolute Gasteiger partial charge is 0.353 e. The van der Waals surface area contributed by atoms with Crippen molar-refractivity contribution in [3.8, 4) is 11.4 Å². The molecule has 0 spiro atoms. The monoisotopic (exact) mass is 420 g/mol. The van der Waals surface area contributed by atoms with Crippen molar-refractivity contribution in [2.45, 2.75) is 51.5 Å². The second kappa shape index (κ2) is 9.68. The van der Waals surface area contributed by atoms with Crippen molar-refractivity contribution in [3.05, 3.63) is 54.2 Å². The standard InChI is InChI=1S/C23H28N6O2/c1-16(2)17-4-6-18(7-5-17)22-27-21(31-28-22)9-8-20(30)26-19-10-14-29(15-11-19)23-24-12-3-13-25-23/h3-7,12-13,16,19H,8-11,14-15H2,1-2H3,(H,26,30). The van der Waals surface area contributed by atoms with Crippen LogP contribution in [-0.4, -0.2) is 45.1 Å². The number of benzene rings is 1. The van der Waals surface area contributed by atoms with Crippen molar-refractivity contribution < 1.29 is 9.32 Å². The molecule has 1 aliphatic heterocycles. The molecular formula is C23H28N6O2. The first kappa shape index (κ1) is 21.0. The molecule has 1 aliphatic rings. The van der Waals surface area contributed by atoms with Gasteiger partial charge in [0.05, 0.1) is 0 Å². The number of aromatic nitrogens is 4. The Morgan fingerprint density at radius 2 is 1.87 bits per heavy atom. The first-order chi connectivity index (χ1) is 15.1. The highest BCUT2D eigenvalue weighted by molar-refractivity contribution is 5.76. The minimum atomic E-state index is 0.00967. The lowest BCUT2D eigenvalue weighted by atomic mass is 10.0. The fourth-order valence-electron chi connectivity index (χ4n) is 3.69. The van der Waals surface area contributed by atoms with Gasteiger partial charge in [-0.3, -0.25) is 4.79 Å². The summed E-state index contributed by atoms with van der Waals surface area (Å²) in [6.07, 6.45) is 6.01. The summed E-state index contributed by atoms with van der Waals surface area (Å²) in [5.41, 5.74) is 2.18. The smallest absolute Gasteiger partial charge is 0.227 e. The molecular weight excluding hydrogens is 392 g/mol. The second-order valence-corrected chi connectivity index (χ2v) is 8.17. The third-order valence-electron chi connectivity index (χ3n) is 5.56. The van der Waals surface area contributed by atoms with E-state index >= 15 is 0 Å². The van der Waals surface area contributed by atoms with Crippen LogP contribution in [-0.2, 0) is 11.2 Å². The lowest BCUT2D eigenvalue weighted by Crippen LogP contribution is -2.45. The van der Waals surface area contributed by atoms with Gasteiger partial charge in [-0.2, -0.15) is 4.98 Å². The molecule has 2 aromatic heterocycles. The van der Waals surface area contributed by atoms with Gasteiger partial charge in [0, 0.05) is 49.9 Å². The average Bonchev–Trinajstić information content (AvgIpc) is 3.28. The number of piperidine rings is 1. The summed E-state index contributed by atoms with van der Waals surface area (Å²) < 4.78 is 5.34. The van der Waals surface area contributed by atoms with E-state index in [0.717, 1.165) is 37.4 Å². The summed E-state index contributed by atoms with van der Waals surface area (Å²) in [6, 6.07) is 10.2. The Labute approximate surface area is 182 Å². The lowest BCUT2D eigenvalue weighted by molar-refractivity contribution is -0.122.